The lowest BCUT2D eigenvalue weighted by atomic mass is 10.1. The third-order valence-corrected chi connectivity index (χ3v) is 4.24. The average molecular weight is 333 g/mol. The lowest BCUT2D eigenvalue weighted by molar-refractivity contribution is -0.115. The molecule has 1 fully saturated rings. The zero-order valence-electron chi connectivity index (χ0n) is 14.7. The number of rotatable bonds is 5. The first-order valence-electron chi connectivity index (χ1n) is 8.51. The molecule has 0 spiro atoms. The van der Waals surface area contributed by atoms with Crippen molar-refractivity contribution in [1.82, 2.24) is 10.2 Å². The molecule has 1 heterocycles. The van der Waals surface area contributed by atoms with Crippen LogP contribution in [0.5, 0.6) is 0 Å². The van der Waals surface area contributed by atoms with Gasteiger partial charge in [-0.1, -0.05) is 12.1 Å². The Morgan fingerprint density at radius 2 is 1.96 bits per heavy atom. The summed E-state index contributed by atoms with van der Waals surface area (Å²) in [6.07, 6.45) is 1.41. The number of anilines is 1. The van der Waals surface area contributed by atoms with Crippen LogP contribution in [0, 0.1) is 13.8 Å². The zero-order valence-corrected chi connectivity index (χ0v) is 14.7. The summed E-state index contributed by atoms with van der Waals surface area (Å²) in [6, 6.07) is 6.26. The highest BCUT2D eigenvalue weighted by Crippen LogP contribution is 2.16. The number of benzene rings is 1. The minimum absolute atomic E-state index is 0.0449. The lowest BCUT2D eigenvalue weighted by Crippen LogP contribution is -2.46. The first kappa shape index (κ1) is 18.3. The van der Waals surface area contributed by atoms with Gasteiger partial charge in [-0.3, -0.25) is 4.79 Å². The van der Waals surface area contributed by atoms with Crippen molar-refractivity contribution in [3.05, 3.63) is 29.3 Å². The third kappa shape index (κ3) is 5.23. The molecule has 6 heteroatoms. The van der Waals surface area contributed by atoms with E-state index in [1.807, 2.05) is 32.0 Å². The third-order valence-electron chi connectivity index (χ3n) is 4.24. The minimum Gasteiger partial charge on any atom is -0.450 e. The minimum atomic E-state index is -0.247. The standard InChI is InChI=1S/C18H27N3O3/c1-4-24-18(23)21-9-7-15(8-10-21)19-12-17(22)20-16-11-13(2)5-6-14(16)3/h5-6,11,15,19H,4,7-10,12H2,1-3H3,(H,20,22). The number of carbonyl (C=O) groups excluding carboxylic acids is 2. The van der Waals surface area contributed by atoms with E-state index in [1.165, 1.54) is 0 Å². The summed E-state index contributed by atoms with van der Waals surface area (Å²) >= 11 is 0. The Morgan fingerprint density at radius 1 is 1.25 bits per heavy atom. The Kier molecular flexibility index (Phi) is 6.61. The Hall–Kier alpha value is -2.08. The normalized spacial score (nSPS) is 15.2. The summed E-state index contributed by atoms with van der Waals surface area (Å²) in [5, 5.41) is 6.22. The summed E-state index contributed by atoms with van der Waals surface area (Å²) in [5.74, 6) is -0.0449. The van der Waals surface area contributed by atoms with Crippen LogP contribution in [-0.4, -0.2) is 49.2 Å². The highest BCUT2D eigenvalue weighted by atomic mass is 16.6. The number of likely N-dealkylation sites (tertiary alicyclic amines) is 1. The predicted octanol–water partition coefficient (Wildman–Crippen LogP) is 2.45. The summed E-state index contributed by atoms with van der Waals surface area (Å²) in [5.41, 5.74) is 3.03. The van der Waals surface area contributed by atoms with Gasteiger partial charge >= 0.3 is 6.09 Å². The van der Waals surface area contributed by atoms with Gasteiger partial charge in [0.25, 0.3) is 0 Å². The van der Waals surface area contributed by atoms with Crippen LogP contribution >= 0.6 is 0 Å². The van der Waals surface area contributed by atoms with Crippen molar-refractivity contribution in [3.8, 4) is 0 Å². The molecule has 1 aromatic carbocycles. The zero-order chi connectivity index (χ0) is 17.5. The summed E-state index contributed by atoms with van der Waals surface area (Å²) in [6.45, 7) is 7.79. The Morgan fingerprint density at radius 3 is 2.62 bits per heavy atom. The van der Waals surface area contributed by atoms with Crippen molar-refractivity contribution < 1.29 is 14.3 Å². The van der Waals surface area contributed by atoms with Crippen LogP contribution in [0.3, 0.4) is 0 Å². The highest BCUT2D eigenvalue weighted by molar-refractivity contribution is 5.93. The number of nitrogens with one attached hydrogen (secondary N) is 2. The molecule has 2 amide bonds. The molecule has 0 saturated carbocycles. The van der Waals surface area contributed by atoms with E-state index in [9.17, 15) is 9.59 Å². The molecule has 0 aromatic heterocycles. The molecular formula is C18H27N3O3. The molecule has 24 heavy (non-hydrogen) atoms. The first-order valence-corrected chi connectivity index (χ1v) is 8.51. The van der Waals surface area contributed by atoms with E-state index in [4.69, 9.17) is 4.74 Å². The molecule has 0 atom stereocenters. The Balaban J connectivity index is 1.73. The molecule has 1 aliphatic heterocycles. The fourth-order valence-corrected chi connectivity index (χ4v) is 2.78. The number of carbonyl (C=O) groups is 2. The number of nitrogens with zero attached hydrogens (tertiary/aromatic N) is 1. The van der Waals surface area contributed by atoms with E-state index in [1.54, 1.807) is 11.8 Å². The molecule has 132 valence electrons. The van der Waals surface area contributed by atoms with Gasteiger partial charge in [0.15, 0.2) is 0 Å². The second-order valence-corrected chi connectivity index (χ2v) is 6.21. The van der Waals surface area contributed by atoms with E-state index >= 15 is 0 Å². The van der Waals surface area contributed by atoms with Crippen molar-refractivity contribution >= 4 is 17.7 Å². The molecule has 2 rings (SSSR count). The monoisotopic (exact) mass is 333 g/mol. The summed E-state index contributed by atoms with van der Waals surface area (Å²) < 4.78 is 5.00. The van der Waals surface area contributed by atoms with Crippen LogP contribution in [0.2, 0.25) is 0 Å². The van der Waals surface area contributed by atoms with Crippen molar-refractivity contribution in [2.75, 3.05) is 31.6 Å². The number of ether oxygens (including phenoxy) is 1. The highest BCUT2D eigenvalue weighted by Gasteiger charge is 2.23. The number of aryl methyl sites for hydroxylation is 2. The second-order valence-electron chi connectivity index (χ2n) is 6.21. The van der Waals surface area contributed by atoms with Crippen molar-refractivity contribution in [3.63, 3.8) is 0 Å². The van der Waals surface area contributed by atoms with E-state index in [0.29, 0.717) is 19.7 Å². The maximum absolute atomic E-state index is 12.1. The maximum Gasteiger partial charge on any atom is 0.409 e. The van der Waals surface area contributed by atoms with Crippen molar-refractivity contribution in [2.24, 2.45) is 0 Å². The fraction of sp³-hybridized carbons (Fsp3) is 0.556. The maximum atomic E-state index is 12.1. The Labute approximate surface area is 143 Å². The van der Waals surface area contributed by atoms with Gasteiger partial charge in [0.1, 0.15) is 0 Å². The smallest absolute Gasteiger partial charge is 0.409 e. The molecule has 0 aliphatic carbocycles. The van der Waals surface area contributed by atoms with Crippen molar-refractivity contribution in [2.45, 2.75) is 39.7 Å². The first-order chi connectivity index (χ1) is 11.5. The molecular weight excluding hydrogens is 306 g/mol. The van der Waals surface area contributed by atoms with Crippen LogP contribution in [-0.2, 0) is 9.53 Å². The molecule has 0 unspecified atom stereocenters. The average Bonchev–Trinajstić information content (AvgIpc) is 2.57. The van der Waals surface area contributed by atoms with Crippen molar-refractivity contribution in [1.29, 1.82) is 0 Å². The van der Waals surface area contributed by atoms with Gasteiger partial charge in [0.2, 0.25) is 5.91 Å². The molecule has 0 radical (unpaired) electrons. The van der Waals surface area contributed by atoms with Crippen LogP contribution in [0.15, 0.2) is 18.2 Å². The van der Waals surface area contributed by atoms with Gasteiger partial charge in [-0.25, -0.2) is 4.79 Å². The van der Waals surface area contributed by atoms with Crippen LogP contribution in [0.25, 0.3) is 0 Å². The van der Waals surface area contributed by atoms with E-state index in [0.717, 1.165) is 29.7 Å². The lowest BCUT2D eigenvalue weighted by Gasteiger charge is -2.31. The molecule has 1 aliphatic rings. The van der Waals surface area contributed by atoms with E-state index in [-0.39, 0.29) is 24.6 Å². The van der Waals surface area contributed by atoms with Gasteiger partial charge in [-0.2, -0.15) is 0 Å². The van der Waals surface area contributed by atoms with Crippen LogP contribution in [0.4, 0.5) is 10.5 Å². The molecule has 0 bridgehead atoms. The van der Waals surface area contributed by atoms with Gasteiger partial charge in [-0.05, 0) is 50.8 Å². The predicted molar refractivity (Wildman–Crippen MR) is 94.2 cm³/mol. The molecule has 1 saturated heterocycles. The largest absolute Gasteiger partial charge is 0.450 e. The second kappa shape index (κ2) is 8.68. The molecule has 1 aromatic rings. The summed E-state index contributed by atoms with van der Waals surface area (Å²) in [7, 11) is 0. The number of hydrogen-bond donors (Lipinski definition) is 2. The van der Waals surface area contributed by atoms with Gasteiger partial charge in [0, 0.05) is 24.8 Å². The SMILES string of the molecule is CCOC(=O)N1CCC(NCC(=O)Nc2cc(C)ccc2C)CC1. The Bertz CT molecular complexity index is 581. The van der Waals surface area contributed by atoms with Gasteiger partial charge < -0.3 is 20.3 Å². The fourth-order valence-electron chi connectivity index (χ4n) is 2.78. The number of amides is 2. The van der Waals surface area contributed by atoms with E-state index < -0.39 is 0 Å². The summed E-state index contributed by atoms with van der Waals surface area (Å²) in [4.78, 5) is 25.5. The van der Waals surface area contributed by atoms with Crippen LogP contribution < -0.4 is 10.6 Å². The quantitative estimate of drug-likeness (QED) is 0.868. The van der Waals surface area contributed by atoms with Crippen LogP contribution in [0.1, 0.15) is 30.9 Å². The number of hydrogen-bond acceptors (Lipinski definition) is 4. The topological polar surface area (TPSA) is 70.7 Å². The molecule has 6 nitrogen and oxygen atoms in total. The number of piperidine rings is 1. The molecule has 2 N–H and O–H groups in total. The van der Waals surface area contributed by atoms with Gasteiger partial charge in [0.05, 0.1) is 13.2 Å². The van der Waals surface area contributed by atoms with Gasteiger partial charge in [-0.15, -0.1) is 0 Å². The van der Waals surface area contributed by atoms with E-state index in [2.05, 4.69) is 10.6 Å².